The van der Waals surface area contributed by atoms with Crippen molar-refractivity contribution < 1.29 is 14.3 Å². The molecule has 146 valence electrons. The molecule has 0 aliphatic carbocycles. The van der Waals surface area contributed by atoms with E-state index in [4.69, 9.17) is 9.15 Å². The van der Waals surface area contributed by atoms with Crippen molar-refractivity contribution in [2.45, 2.75) is 41.0 Å². The van der Waals surface area contributed by atoms with Crippen LogP contribution in [0, 0.1) is 6.92 Å². The zero-order valence-corrected chi connectivity index (χ0v) is 17.1. The van der Waals surface area contributed by atoms with E-state index in [0.717, 1.165) is 16.7 Å². The van der Waals surface area contributed by atoms with Crippen molar-refractivity contribution in [2.75, 3.05) is 6.61 Å². The quantitative estimate of drug-likeness (QED) is 0.449. The minimum absolute atomic E-state index is 0.0809. The van der Waals surface area contributed by atoms with Crippen LogP contribution in [-0.4, -0.2) is 11.7 Å². The molecule has 3 aromatic rings. The van der Waals surface area contributed by atoms with Crippen LogP contribution >= 0.6 is 0 Å². The normalized spacial score (nSPS) is 10.9. The predicted molar refractivity (Wildman–Crippen MR) is 114 cm³/mol. The van der Waals surface area contributed by atoms with E-state index in [2.05, 4.69) is 6.08 Å². The number of aromatic hydroxyl groups is 1. The molecule has 1 heterocycles. The monoisotopic (exact) mass is 378 g/mol. The molecule has 0 radical (unpaired) electrons. The molecular weight excluding hydrogens is 352 g/mol. The van der Waals surface area contributed by atoms with Crippen molar-refractivity contribution in [2.24, 2.45) is 0 Å². The van der Waals surface area contributed by atoms with Crippen LogP contribution in [-0.2, 0) is 6.42 Å². The number of allylic oxidation sites excluding steroid dienone is 3. The Balaban J connectivity index is 2.37. The highest BCUT2D eigenvalue weighted by Gasteiger charge is 2.22. The van der Waals surface area contributed by atoms with Gasteiger partial charge in [0.25, 0.3) is 0 Å². The van der Waals surface area contributed by atoms with Gasteiger partial charge in [0, 0.05) is 11.1 Å². The number of para-hydroxylation sites is 1. The molecule has 0 amide bonds. The van der Waals surface area contributed by atoms with E-state index in [0.29, 0.717) is 40.9 Å². The Morgan fingerprint density at radius 2 is 1.79 bits per heavy atom. The van der Waals surface area contributed by atoms with Gasteiger partial charge < -0.3 is 14.3 Å². The Kier molecular flexibility index (Phi) is 5.59. The number of hydrogen-bond acceptors (Lipinski definition) is 4. The lowest BCUT2D eigenvalue weighted by molar-refractivity contribution is 0.352. The molecule has 0 fully saturated rings. The van der Waals surface area contributed by atoms with Gasteiger partial charge in [-0.05, 0) is 59.2 Å². The van der Waals surface area contributed by atoms with Gasteiger partial charge in [-0.2, -0.15) is 0 Å². The summed E-state index contributed by atoms with van der Waals surface area (Å²) in [5.74, 6) is 0.487. The van der Waals surface area contributed by atoms with Crippen molar-refractivity contribution >= 4 is 21.9 Å². The Morgan fingerprint density at radius 3 is 2.46 bits per heavy atom. The van der Waals surface area contributed by atoms with Gasteiger partial charge in [0.2, 0.25) is 5.43 Å². The smallest absolute Gasteiger partial charge is 0.204 e. The Bertz CT molecular complexity index is 1150. The number of phenolic OH excluding ortho intramolecular Hbond substituents is 1. The SMILES string of the molecule is CC(C)=CCOc1c(C)c(O)c2c(=O)c3ccccc3oc2c1CC=C(C)C. The minimum atomic E-state index is -0.230. The summed E-state index contributed by atoms with van der Waals surface area (Å²) >= 11 is 0. The van der Waals surface area contributed by atoms with Crippen LogP contribution in [0.3, 0.4) is 0 Å². The van der Waals surface area contributed by atoms with Crippen LogP contribution in [0.5, 0.6) is 11.5 Å². The van der Waals surface area contributed by atoms with Crippen molar-refractivity contribution in [1.82, 2.24) is 0 Å². The molecule has 4 nitrogen and oxygen atoms in total. The second-order valence-corrected chi connectivity index (χ2v) is 7.49. The summed E-state index contributed by atoms with van der Waals surface area (Å²) in [6.45, 7) is 10.2. The topological polar surface area (TPSA) is 59.7 Å². The van der Waals surface area contributed by atoms with Crippen LogP contribution in [0.1, 0.15) is 38.8 Å². The summed E-state index contributed by atoms with van der Waals surface area (Å²) in [4.78, 5) is 13.1. The molecule has 0 aliphatic rings. The maximum absolute atomic E-state index is 13.1. The lowest BCUT2D eigenvalue weighted by Crippen LogP contribution is -2.08. The van der Waals surface area contributed by atoms with E-state index < -0.39 is 0 Å². The summed E-state index contributed by atoms with van der Waals surface area (Å²) in [5, 5.41) is 11.5. The second kappa shape index (κ2) is 7.93. The van der Waals surface area contributed by atoms with Crippen LogP contribution in [0.2, 0.25) is 0 Å². The average Bonchev–Trinajstić information content (AvgIpc) is 2.64. The number of fused-ring (bicyclic) bond motifs is 2. The van der Waals surface area contributed by atoms with Crippen LogP contribution in [0.4, 0.5) is 0 Å². The van der Waals surface area contributed by atoms with Gasteiger partial charge in [0.15, 0.2) is 0 Å². The molecule has 28 heavy (non-hydrogen) atoms. The largest absolute Gasteiger partial charge is 0.507 e. The van der Waals surface area contributed by atoms with Gasteiger partial charge in [-0.1, -0.05) is 29.4 Å². The summed E-state index contributed by atoms with van der Waals surface area (Å²) in [7, 11) is 0. The number of ether oxygens (including phenoxy) is 1. The molecule has 4 heteroatoms. The van der Waals surface area contributed by atoms with Gasteiger partial charge in [-0.3, -0.25) is 4.79 Å². The van der Waals surface area contributed by atoms with E-state index >= 15 is 0 Å². The van der Waals surface area contributed by atoms with Gasteiger partial charge in [0.05, 0.1) is 5.39 Å². The first-order valence-electron chi connectivity index (χ1n) is 9.40. The number of benzene rings is 2. The fourth-order valence-corrected chi connectivity index (χ4v) is 3.17. The van der Waals surface area contributed by atoms with E-state index in [1.807, 2.05) is 39.8 Å². The fraction of sp³-hybridized carbons (Fsp3) is 0.292. The molecule has 1 aromatic heterocycles. The van der Waals surface area contributed by atoms with Crippen molar-refractivity contribution in [3.63, 3.8) is 0 Å². The molecule has 0 bridgehead atoms. The number of phenols is 1. The van der Waals surface area contributed by atoms with Gasteiger partial charge in [-0.25, -0.2) is 0 Å². The maximum Gasteiger partial charge on any atom is 0.204 e. The van der Waals surface area contributed by atoms with Crippen molar-refractivity contribution in [3.05, 3.63) is 68.9 Å². The maximum atomic E-state index is 13.1. The molecule has 0 spiro atoms. The first-order valence-corrected chi connectivity index (χ1v) is 9.40. The van der Waals surface area contributed by atoms with E-state index in [1.165, 1.54) is 0 Å². The zero-order chi connectivity index (χ0) is 20.4. The van der Waals surface area contributed by atoms with Gasteiger partial charge >= 0.3 is 0 Å². The minimum Gasteiger partial charge on any atom is -0.507 e. The molecule has 0 atom stereocenters. The first kappa shape index (κ1) is 19.7. The molecule has 3 rings (SSSR count). The highest BCUT2D eigenvalue weighted by atomic mass is 16.5. The Hall–Kier alpha value is -3.01. The summed E-state index contributed by atoms with van der Waals surface area (Å²) < 4.78 is 12.1. The van der Waals surface area contributed by atoms with Crippen LogP contribution in [0.25, 0.3) is 21.9 Å². The van der Waals surface area contributed by atoms with E-state index in [1.54, 1.807) is 25.1 Å². The highest BCUT2D eigenvalue weighted by molar-refractivity contribution is 5.97. The summed E-state index contributed by atoms with van der Waals surface area (Å²) in [6, 6.07) is 7.09. The molecule has 0 saturated heterocycles. The standard InChI is InChI=1S/C24H26O4/c1-14(2)10-11-18-23(27-13-12-15(3)4)16(5)21(25)20-22(26)17-8-6-7-9-19(17)28-24(18)20/h6-10,12,25H,11,13H2,1-5H3. The van der Waals surface area contributed by atoms with Crippen LogP contribution < -0.4 is 10.2 Å². The second-order valence-electron chi connectivity index (χ2n) is 7.49. The molecule has 0 unspecified atom stereocenters. The molecule has 1 N–H and O–H groups in total. The molecule has 2 aromatic carbocycles. The van der Waals surface area contributed by atoms with Crippen LogP contribution in [0.15, 0.2) is 56.8 Å². The van der Waals surface area contributed by atoms with Gasteiger partial charge in [0.1, 0.15) is 34.7 Å². The fourth-order valence-electron chi connectivity index (χ4n) is 3.17. The van der Waals surface area contributed by atoms with Crippen molar-refractivity contribution in [1.29, 1.82) is 0 Å². The summed E-state index contributed by atoms with van der Waals surface area (Å²) in [6.07, 6.45) is 4.58. The predicted octanol–water partition coefficient (Wildman–Crippen LogP) is 5.81. The third-order valence-electron chi connectivity index (χ3n) is 4.71. The lowest BCUT2D eigenvalue weighted by atomic mass is 9.99. The number of rotatable bonds is 5. The highest BCUT2D eigenvalue weighted by Crippen LogP contribution is 2.40. The van der Waals surface area contributed by atoms with Crippen molar-refractivity contribution in [3.8, 4) is 11.5 Å². The average molecular weight is 378 g/mol. The van der Waals surface area contributed by atoms with E-state index in [-0.39, 0.29) is 16.6 Å². The third kappa shape index (κ3) is 3.68. The third-order valence-corrected chi connectivity index (χ3v) is 4.71. The van der Waals surface area contributed by atoms with Gasteiger partial charge in [-0.15, -0.1) is 0 Å². The Labute approximate surface area is 164 Å². The first-order chi connectivity index (χ1) is 13.3. The van der Waals surface area contributed by atoms with E-state index in [9.17, 15) is 9.90 Å². The molecular formula is C24H26O4. The molecule has 0 saturated carbocycles. The zero-order valence-electron chi connectivity index (χ0n) is 17.1. The lowest BCUT2D eigenvalue weighted by Gasteiger charge is -2.17. The summed E-state index contributed by atoms with van der Waals surface area (Å²) in [5.41, 5.74) is 4.27. The Morgan fingerprint density at radius 1 is 1.11 bits per heavy atom. The molecule has 0 aliphatic heterocycles. The number of hydrogen-bond donors (Lipinski definition) is 1.